The molecule has 0 unspecified atom stereocenters. The first-order chi connectivity index (χ1) is 12.0. The highest BCUT2D eigenvalue weighted by atomic mass is 32.2. The topological polar surface area (TPSA) is 58.1 Å². The molecule has 0 spiro atoms. The summed E-state index contributed by atoms with van der Waals surface area (Å²) in [5.74, 6) is 1.80. The second-order valence-corrected chi connectivity index (χ2v) is 9.05. The molecule has 1 aromatic carbocycles. The van der Waals surface area contributed by atoms with Crippen LogP contribution in [-0.4, -0.2) is 39.8 Å². The predicted octanol–water partition coefficient (Wildman–Crippen LogP) is 4.19. The van der Waals surface area contributed by atoms with Crippen LogP contribution in [0.4, 0.5) is 10.8 Å². The van der Waals surface area contributed by atoms with E-state index in [1.54, 1.807) is 0 Å². The highest BCUT2D eigenvalue weighted by molar-refractivity contribution is 8.01. The monoisotopic (exact) mass is 376 g/mol. The molecule has 3 rings (SSSR count). The highest BCUT2D eigenvalue weighted by Gasteiger charge is 2.25. The maximum atomic E-state index is 12.5. The normalized spacial score (nSPS) is 20.5. The number of thioether (sulfide) groups is 1. The number of aryl methyl sites for hydroxylation is 1. The van der Waals surface area contributed by atoms with Crippen molar-refractivity contribution in [3.8, 4) is 0 Å². The maximum Gasteiger partial charge on any atom is 0.233 e. The lowest BCUT2D eigenvalue weighted by molar-refractivity contribution is -0.130. The van der Waals surface area contributed by atoms with Crippen molar-refractivity contribution in [3.63, 3.8) is 0 Å². The molecule has 2 heterocycles. The van der Waals surface area contributed by atoms with Crippen molar-refractivity contribution in [1.82, 2.24) is 15.1 Å². The molecule has 2 atom stereocenters. The lowest BCUT2D eigenvalue weighted by Gasteiger charge is -2.34. The number of hydrogen-bond donors (Lipinski definition) is 1. The zero-order chi connectivity index (χ0) is 17.8. The molecule has 1 fully saturated rings. The number of carbonyl (C=O) groups is 1. The molecule has 1 saturated heterocycles. The van der Waals surface area contributed by atoms with Crippen molar-refractivity contribution < 1.29 is 4.79 Å². The van der Waals surface area contributed by atoms with Crippen LogP contribution in [0.2, 0.25) is 0 Å². The largest absolute Gasteiger partial charge is 0.341 e. The Kier molecular flexibility index (Phi) is 5.96. The summed E-state index contributed by atoms with van der Waals surface area (Å²) < 4.78 is 0.822. The number of benzene rings is 1. The summed E-state index contributed by atoms with van der Waals surface area (Å²) in [6, 6.07) is 8.07. The molecule has 134 valence electrons. The SMILES string of the molecule is Cc1ccccc1Nc1nnc(SCC(=O)N2C[C@@H](C)C[C@H](C)C2)s1. The quantitative estimate of drug-likeness (QED) is 0.793. The molecule has 1 aliphatic heterocycles. The van der Waals surface area contributed by atoms with E-state index in [9.17, 15) is 4.79 Å². The number of rotatable bonds is 5. The fourth-order valence-corrected chi connectivity index (χ4v) is 4.90. The summed E-state index contributed by atoms with van der Waals surface area (Å²) in [7, 11) is 0. The Morgan fingerprint density at radius 1 is 1.28 bits per heavy atom. The van der Waals surface area contributed by atoms with Crippen molar-refractivity contribution in [1.29, 1.82) is 0 Å². The predicted molar refractivity (Wildman–Crippen MR) is 105 cm³/mol. The van der Waals surface area contributed by atoms with E-state index in [1.165, 1.54) is 29.5 Å². The molecule has 0 aliphatic carbocycles. The molecular weight excluding hydrogens is 352 g/mol. The average molecular weight is 377 g/mol. The first-order valence-corrected chi connectivity index (χ1v) is 10.4. The first kappa shape index (κ1) is 18.2. The van der Waals surface area contributed by atoms with E-state index >= 15 is 0 Å². The Bertz CT molecular complexity index is 723. The van der Waals surface area contributed by atoms with Crippen molar-refractivity contribution in [2.24, 2.45) is 11.8 Å². The average Bonchev–Trinajstić information content (AvgIpc) is 3.01. The van der Waals surface area contributed by atoms with Gasteiger partial charge in [0.15, 0.2) is 4.34 Å². The summed E-state index contributed by atoms with van der Waals surface area (Å²) in [6.07, 6.45) is 1.21. The van der Waals surface area contributed by atoms with Crippen LogP contribution in [0.25, 0.3) is 0 Å². The van der Waals surface area contributed by atoms with Gasteiger partial charge in [-0.2, -0.15) is 0 Å². The number of hydrogen-bond acceptors (Lipinski definition) is 6. The van der Waals surface area contributed by atoms with Gasteiger partial charge < -0.3 is 10.2 Å². The fourth-order valence-electron chi connectivity index (χ4n) is 3.23. The van der Waals surface area contributed by atoms with Crippen LogP contribution in [0.5, 0.6) is 0 Å². The zero-order valence-corrected chi connectivity index (χ0v) is 16.5. The van der Waals surface area contributed by atoms with Crippen LogP contribution in [0, 0.1) is 18.8 Å². The number of para-hydroxylation sites is 1. The van der Waals surface area contributed by atoms with Gasteiger partial charge in [-0.1, -0.05) is 55.1 Å². The third-order valence-electron chi connectivity index (χ3n) is 4.33. The van der Waals surface area contributed by atoms with Gasteiger partial charge >= 0.3 is 0 Å². The summed E-state index contributed by atoms with van der Waals surface area (Å²) in [4.78, 5) is 14.5. The lowest BCUT2D eigenvalue weighted by atomic mass is 9.92. The minimum absolute atomic E-state index is 0.201. The number of anilines is 2. The summed E-state index contributed by atoms with van der Waals surface area (Å²) in [5.41, 5.74) is 2.19. The van der Waals surface area contributed by atoms with E-state index in [1.807, 2.05) is 23.1 Å². The van der Waals surface area contributed by atoms with Crippen molar-refractivity contribution in [3.05, 3.63) is 29.8 Å². The molecule has 1 amide bonds. The van der Waals surface area contributed by atoms with Gasteiger partial charge in [0.2, 0.25) is 11.0 Å². The number of amides is 1. The number of piperidine rings is 1. The molecule has 1 N–H and O–H groups in total. The smallest absolute Gasteiger partial charge is 0.233 e. The number of carbonyl (C=O) groups excluding carboxylic acids is 1. The summed E-state index contributed by atoms with van der Waals surface area (Å²) in [6.45, 7) is 8.24. The minimum Gasteiger partial charge on any atom is -0.341 e. The van der Waals surface area contributed by atoms with Crippen LogP contribution in [0.1, 0.15) is 25.8 Å². The fraction of sp³-hybridized carbons (Fsp3) is 0.500. The van der Waals surface area contributed by atoms with E-state index in [4.69, 9.17) is 0 Å². The lowest BCUT2D eigenvalue weighted by Crippen LogP contribution is -2.43. The molecule has 5 nitrogen and oxygen atoms in total. The molecule has 0 radical (unpaired) electrons. The number of nitrogens with zero attached hydrogens (tertiary/aromatic N) is 3. The van der Waals surface area contributed by atoms with E-state index in [-0.39, 0.29) is 5.91 Å². The molecule has 25 heavy (non-hydrogen) atoms. The number of likely N-dealkylation sites (tertiary alicyclic amines) is 1. The van der Waals surface area contributed by atoms with Crippen LogP contribution in [0.3, 0.4) is 0 Å². The van der Waals surface area contributed by atoms with Gasteiger partial charge in [0.25, 0.3) is 0 Å². The Labute approximate surface area is 157 Å². The van der Waals surface area contributed by atoms with Crippen LogP contribution >= 0.6 is 23.1 Å². The van der Waals surface area contributed by atoms with Gasteiger partial charge in [-0.05, 0) is 36.8 Å². The molecule has 7 heteroatoms. The number of aromatic nitrogens is 2. The maximum absolute atomic E-state index is 12.5. The van der Waals surface area contributed by atoms with Crippen molar-refractivity contribution in [2.45, 2.75) is 31.5 Å². The Morgan fingerprint density at radius 2 is 2.00 bits per heavy atom. The first-order valence-electron chi connectivity index (χ1n) is 8.58. The third-order valence-corrected chi connectivity index (χ3v) is 6.29. The van der Waals surface area contributed by atoms with E-state index < -0.39 is 0 Å². The van der Waals surface area contributed by atoms with Gasteiger partial charge in [-0.3, -0.25) is 4.79 Å². The van der Waals surface area contributed by atoms with E-state index in [0.717, 1.165) is 33.8 Å². The zero-order valence-electron chi connectivity index (χ0n) is 14.9. The molecule has 0 bridgehead atoms. The van der Waals surface area contributed by atoms with E-state index in [0.29, 0.717) is 17.6 Å². The molecule has 1 aliphatic rings. The summed E-state index contributed by atoms with van der Waals surface area (Å²) in [5, 5.41) is 12.4. The van der Waals surface area contributed by atoms with Gasteiger partial charge in [-0.25, -0.2) is 0 Å². The Hall–Kier alpha value is -1.60. The minimum atomic E-state index is 0.201. The summed E-state index contributed by atoms with van der Waals surface area (Å²) >= 11 is 2.96. The van der Waals surface area contributed by atoms with Gasteiger partial charge in [0.05, 0.1) is 5.75 Å². The van der Waals surface area contributed by atoms with Crippen molar-refractivity contribution in [2.75, 3.05) is 24.2 Å². The molecule has 0 saturated carbocycles. The van der Waals surface area contributed by atoms with Crippen molar-refractivity contribution >= 4 is 39.8 Å². The second kappa shape index (κ2) is 8.19. The second-order valence-electron chi connectivity index (χ2n) is 6.85. The Balaban J connectivity index is 1.53. The standard InChI is InChI=1S/C18H24N4OS2/c1-12-8-13(2)10-22(9-12)16(23)11-24-18-21-20-17(25-18)19-15-7-5-4-6-14(15)3/h4-7,12-13H,8-11H2,1-3H3,(H,19,20)/t12-,13-/m0/s1. The van der Waals surface area contributed by atoms with Crippen LogP contribution < -0.4 is 5.32 Å². The third kappa shape index (κ3) is 4.95. The molecule has 2 aromatic rings. The van der Waals surface area contributed by atoms with Gasteiger partial charge in [-0.15, -0.1) is 10.2 Å². The van der Waals surface area contributed by atoms with Crippen LogP contribution in [0.15, 0.2) is 28.6 Å². The molecule has 1 aromatic heterocycles. The Morgan fingerprint density at radius 3 is 2.72 bits per heavy atom. The van der Waals surface area contributed by atoms with E-state index in [2.05, 4.69) is 42.4 Å². The van der Waals surface area contributed by atoms with Crippen LogP contribution in [-0.2, 0) is 4.79 Å². The highest BCUT2D eigenvalue weighted by Crippen LogP contribution is 2.29. The number of nitrogens with one attached hydrogen (secondary N) is 1. The van der Waals surface area contributed by atoms with Gasteiger partial charge in [0, 0.05) is 18.8 Å². The van der Waals surface area contributed by atoms with Gasteiger partial charge in [0.1, 0.15) is 0 Å². The molecular formula is C18H24N4OS2.